The summed E-state index contributed by atoms with van der Waals surface area (Å²) in [6.45, 7) is 8.63. The second kappa shape index (κ2) is 29.4. The number of aldehydes is 1. The molecule has 3 heteroatoms. The molecule has 0 aliphatic carbocycles. The average Bonchev–Trinajstić information content (AvgIpc) is 2.27. The third-order valence-electron chi connectivity index (χ3n) is 1.35. The number of hydrogen-bond acceptors (Lipinski definition) is 3. The van der Waals surface area contributed by atoms with E-state index in [9.17, 15) is 4.79 Å². The number of hydrogen-bond donors (Lipinski definition) is 2. The van der Waals surface area contributed by atoms with E-state index in [0.29, 0.717) is 0 Å². The van der Waals surface area contributed by atoms with Gasteiger partial charge in [-0.15, -0.1) is 0 Å². The summed E-state index contributed by atoms with van der Waals surface area (Å²) in [6, 6.07) is 0. The first-order valence-electron chi connectivity index (χ1n) is 5.42. The van der Waals surface area contributed by atoms with Crippen molar-refractivity contribution < 1.29 is 9.90 Å². The van der Waals surface area contributed by atoms with E-state index in [1.54, 1.807) is 0 Å². The van der Waals surface area contributed by atoms with Crippen LogP contribution in [0.2, 0.25) is 0 Å². The molecule has 14 heavy (non-hydrogen) atoms. The van der Waals surface area contributed by atoms with Gasteiger partial charge in [-0.05, 0) is 25.9 Å². The number of aliphatic hydroxyl groups is 1. The number of unbranched alkanes of at least 4 members (excludes halogenated alkanes) is 2. The number of nitrogens with one attached hydrogen (secondary N) is 1. The van der Waals surface area contributed by atoms with Gasteiger partial charge in [0.05, 0.1) is 0 Å². The lowest BCUT2D eigenvalue weighted by molar-refractivity contribution is -0.107. The Hall–Kier alpha value is -0.410. The van der Waals surface area contributed by atoms with E-state index in [-0.39, 0.29) is 0 Å². The fraction of sp³-hybridized carbons (Fsp3) is 0.909. The Morgan fingerprint density at radius 1 is 1.14 bits per heavy atom. The maximum Gasteiger partial charge on any atom is 0.119 e. The minimum absolute atomic E-state index is 0.733. The molecule has 88 valence electrons. The highest BCUT2D eigenvalue weighted by Crippen LogP contribution is 1.87. The van der Waals surface area contributed by atoms with Gasteiger partial charge in [0, 0.05) is 13.5 Å². The predicted octanol–water partition coefficient (Wildman–Crippen LogP) is 1.99. The quantitative estimate of drug-likeness (QED) is 0.515. The van der Waals surface area contributed by atoms with Crippen LogP contribution in [-0.2, 0) is 4.79 Å². The summed E-state index contributed by atoms with van der Waals surface area (Å²) in [4.78, 5) is 9.56. The minimum Gasteiger partial charge on any atom is -0.400 e. The molecule has 0 bridgehead atoms. The summed E-state index contributed by atoms with van der Waals surface area (Å²) in [7, 11) is 1.00. The Balaban J connectivity index is -0.000000147. The van der Waals surface area contributed by atoms with Crippen LogP contribution in [0.25, 0.3) is 0 Å². The standard InChI is InChI=1S/C5H13N.C5H10O.CH4O/c1-3-5-6-4-2;1-2-3-4-5-6;1-2/h6H,3-5H2,1-2H3;5H,2-4H2,1H3;2H,1H3. The lowest BCUT2D eigenvalue weighted by Crippen LogP contribution is -2.12. The van der Waals surface area contributed by atoms with Crippen LogP contribution in [0, 0.1) is 0 Å². The van der Waals surface area contributed by atoms with Gasteiger partial charge in [0.15, 0.2) is 0 Å². The van der Waals surface area contributed by atoms with E-state index >= 15 is 0 Å². The van der Waals surface area contributed by atoms with E-state index in [4.69, 9.17) is 5.11 Å². The third kappa shape index (κ3) is 41.6. The zero-order valence-corrected chi connectivity index (χ0v) is 10.2. The van der Waals surface area contributed by atoms with E-state index in [1.165, 1.54) is 6.42 Å². The Morgan fingerprint density at radius 3 is 1.86 bits per heavy atom. The van der Waals surface area contributed by atoms with Crippen LogP contribution >= 0.6 is 0 Å². The van der Waals surface area contributed by atoms with Crippen LogP contribution in [0.3, 0.4) is 0 Å². The van der Waals surface area contributed by atoms with Gasteiger partial charge in [-0.3, -0.25) is 0 Å². The molecule has 2 N–H and O–H groups in total. The molecule has 0 saturated heterocycles. The number of carbonyl (C=O) groups excluding carboxylic acids is 1. The molecule has 0 heterocycles. The Bertz CT molecular complexity index is 73.7. The average molecular weight is 205 g/mol. The molecule has 0 aromatic heterocycles. The summed E-state index contributed by atoms with van der Waals surface area (Å²) in [5.41, 5.74) is 0. The van der Waals surface area contributed by atoms with Crippen LogP contribution in [-0.4, -0.2) is 31.6 Å². The molecule has 0 atom stereocenters. The molecule has 0 radical (unpaired) electrons. The van der Waals surface area contributed by atoms with E-state index in [2.05, 4.69) is 26.1 Å². The van der Waals surface area contributed by atoms with E-state index < -0.39 is 0 Å². The Labute approximate surface area is 88.9 Å². The molecule has 0 amide bonds. The van der Waals surface area contributed by atoms with Gasteiger partial charge in [0.2, 0.25) is 0 Å². The summed E-state index contributed by atoms with van der Waals surface area (Å²) < 4.78 is 0. The molecule has 0 aliphatic rings. The largest absolute Gasteiger partial charge is 0.400 e. The van der Waals surface area contributed by atoms with E-state index in [1.807, 2.05) is 0 Å². The van der Waals surface area contributed by atoms with Gasteiger partial charge < -0.3 is 15.2 Å². The van der Waals surface area contributed by atoms with Crippen molar-refractivity contribution in [3.05, 3.63) is 0 Å². The van der Waals surface area contributed by atoms with Crippen LogP contribution in [0.1, 0.15) is 46.5 Å². The van der Waals surface area contributed by atoms with Crippen molar-refractivity contribution in [3.8, 4) is 0 Å². The van der Waals surface area contributed by atoms with Crippen LogP contribution in [0.4, 0.5) is 0 Å². The number of rotatable bonds is 6. The van der Waals surface area contributed by atoms with Gasteiger partial charge in [0.1, 0.15) is 6.29 Å². The van der Waals surface area contributed by atoms with Gasteiger partial charge in [-0.2, -0.15) is 0 Å². The monoisotopic (exact) mass is 205 g/mol. The maximum atomic E-state index is 9.56. The molecule has 3 nitrogen and oxygen atoms in total. The highest BCUT2D eigenvalue weighted by molar-refractivity contribution is 5.48. The topological polar surface area (TPSA) is 49.3 Å². The molecule has 0 saturated carbocycles. The molecule has 0 aromatic carbocycles. The first-order valence-corrected chi connectivity index (χ1v) is 5.42. The lowest BCUT2D eigenvalue weighted by Gasteiger charge is -1.91. The minimum atomic E-state index is 0.733. The lowest BCUT2D eigenvalue weighted by atomic mass is 10.3. The first kappa shape index (κ1) is 19.2. The zero-order chi connectivity index (χ0) is 11.7. The van der Waals surface area contributed by atoms with Crippen LogP contribution in [0.5, 0.6) is 0 Å². The van der Waals surface area contributed by atoms with Gasteiger partial charge in [0.25, 0.3) is 0 Å². The fourth-order valence-electron chi connectivity index (χ4n) is 0.641. The van der Waals surface area contributed by atoms with Crippen molar-refractivity contribution >= 4 is 6.29 Å². The maximum absolute atomic E-state index is 9.56. The van der Waals surface area contributed by atoms with Gasteiger partial charge in [-0.1, -0.05) is 27.2 Å². The molecular weight excluding hydrogens is 178 g/mol. The molecule has 0 fully saturated rings. The summed E-state index contributed by atoms with van der Waals surface area (Å²) in [5.74, 6) is 0. The van der Waals surface area contributed by atoms with Crippen LogP contribution < -0.4 is 5.32 Å². The highest BCUT2D eigenvalue weighted by atomic mass is 16.2. The SMILES string of the molecule is CCCCC=O.CCCNCC.CO. The summed E-state index contributed by atoms with van der Waals surface area (Å²) in [5, 5.41) is 10.2. The summed E-state index contributed by atoms with van der Waals surface area (Å²) >= 11 is 0. The van der Waals surface area contributed by atoms with Crippen molar-refractivity contribution in [1.29, 1.82) is 0 Å². The fourth-order valence-corrected chi connectivity index (χ4v) is 0.641. The Kier molecular flexibility index (Phi) is 40.3. The van der Waals surface area contributed by atoms with Crippen molar-refractivity contribution in [1.82, 2.24) is 5.32 Å². The normalized spacial score (nSPS) is 7.79. The molecule has 0 aliphatic heterocycles. The smallest absolute Gasteiger partial charge is 0.119 e. The first-order chi connectivity index (χ1) is 6.83. The third-order valence-corrected chi connectivity index (χ3v) is 1.35. The van der Waals surface area contributed by atoms with Crippen molar-refractivity contribution in [2.24, 2.45) is 0 Å². The molecule has 0 spiro atoms. The Morgan fingerprint density at radius 2 is 1.71 bits per heavy atom. The van der Waals surface area contributed by atoms with E-state index in [0.717, 1.165) is 45.7 Å². The molecule has 0 aromatic rings. The molecule has 0 unspecified atom stereocenters. The number of carbonyl (C=O) groups is 1. The molecule has 0 rings (SSSR count). The predicted molar refractivity (Wildman–Crippen MR) is 62.6 cm³/mol. The van der Waals surface area contributed by atoms with Crippen molar-refractivity contribution in [3.63, 3.8) is 0 Å². The highest BCUT2D eigenvalue weighted by Gasteiger charge is 1.75. The van der Waals surface area contributed by atoms with Gasteiger partial charge in [-0.25, -0.2) is 0 Å². The summed E-state index contributed by atoms with van der Waals surface area (Å²) in [6.07, 6.45) is 5.11. The second-order valence-electron chi connectivity index (χ2n) is 2.66. The zero-order valence-electron chi connectivity index (χ0n) is 10.2. The second-order valence-corrected chi connectivity index (χ2v) is 2.66. The van der Waals surface area contributed by atoms with Crippen molar-refractivity contribution in [2.45, 2.75) is 46.5 Å². The molecular formula is C11H27NO2. The number of aliphatic hydroxyl groups excluding tert-OH is 1. The van der Waals surface area contributed by atoms with Crippen molar-refractivity contribution in [2.75, 3.05) is 20.2 Å². The van der Waals surface area contributed by atoms with Crippen LogP contribution in [0.15, 0.2) is 0 Å². The van der Waals surface area contributed by atoms with Gasteiger partial charge >= 0.3 is 0 Å².